The molecule has 0 spiro atoms. The number of aliphatic hydroxyl groups is 1. The Morgan fingerprint density at radius 1 is 1.09 bits per heavy atom. The van der Waals surface area contributed by atoms with Gasteiger partial charge in [-0.2, -0.15) is 10.1 Å². The molecule has 1 atom stereocenters. The number of amides is 1. The van der Waals surface area contributed by atoms with E-state index in [9.17, 15) is 18.7 Å². The van der Waals surface area contributed by atoms with Gasteiger partial charge >= 0.3 is 0 Å². The molecule has 0 bridgehead atoms. The quantitative estimate of drug-likeness (QED) is 0.382. The van der Waals surface area contributed by atoms with E-state index in [-0.39, 0.29) is 17.3 Å². The number of benzene rings is 2. The van der Waals surface area contributed by atoms with Crippen LogP contribution in [0.2, 0.25) is 0 Å². The number of hydrogen-bond acceptors (Lipinski definition) is 7. The zero-order valence-electron chi connectivity index (χ0n) is 17.1. The molecular weight excluding hydrogens is 420 g/mol. The number of nitrogens with zero attached hydrogens (tertiary/aromatic N) is 4. The standard InChI is InChI=1S/C21H19F2N7O2/c1-9-5-14(26-20(32)18(31)11-6-12(22)8-13(23)7-11)3-4-15(9)30-17-16(10(2)29-30)27-21(25)28-19(17)24/h3-8,18,31H,1-2H3,(H,26,32)(H4,24,25,27,28)/t18-/m1/s1. The zero-order valence-corrected chi connectivity index (χ0v) is 17.1. The molecule has 4 aromatic rings. The normalized spacial score (nSPS) is 12.2. The van der Waals surface area contributed by atoms with Crippen LogP contribution in [0, 0.1) is 25.5 Å². The van der Waals surface area contributed by atoms with E-state index in [4.69, 9.17) is 11.5 Å². The first-order chi connectivity index (χ1) is 15.1. The van der Waals surface area contributed by atoms with Crippen LogP contribution in [0.1, 0.15) is 22.9 Å². The van der Waals surface area contributed by atoms with Gasteiger partial charge in [0, 0.05) is 11.8 Å². The summed E-state index contributed by atoms with van der Waals surface area (Å²) in [6.07, 6.45) is -1.75. The highest BCUT2D eigenvalue weighted by atomic mass is 19.1. The topological polar surface area (TPSA) is 145 Å². The molecule has 2 aromatic heterocycles. The van der Waals surface area contributed by atoms with Crippen LogP contribution >= 0.6 is 0 Å². The number of nitrogen functional groups attached to an aromatic ring is 2. The Labute approximate surface area is 180 Å². The number of nitrogens with two attached hydrogens (primary N) is 2. The van der Waals surface area contributed by atoms with E-state index < -0.39 is 23.6 Å². The first-order valence-electron chi connectivity index (χ1n) is 9.48. The van der Waals surface area contributed by atoms with Gasteiger partial charge in [0.1, 0.15) is 22.7 Å². The van der Waals surface area contributed by atoms with Crippen molar-refractivity contribution < 1.29 is 18.7 Å². The monoisotopic (exact) mass is 439 g/mol. The molecule has 6 N–H and O–H groups in total. The number of rotatable bonds is 4. The molecule has 0 aliphatic heterocycles. The van der Waals surface area contributed by atoms with Crippen molar-refractivity contribution in [1.29, 1.82) is 0 Å². The minimum Gasteiger partial charge on any atom is -0.382 e. The molecule has 9 nitrogen and oxygen atoms in total. The first kappa shape index (κ1) is 21.1. The Morgan fingerprint density at radius 2 is 1.78 bits per heavy atom. The van der Waals surface area contributed by atoms with Gasteiger partial charge in [-0.1, -0.05) is 0 Å². The second-order valence-electron chi connectivity index (χ2n) is 7.26. The molecule has 164 valence electrons. The highest BCUT2D eigenvalue weighted by Gasteiger charge is 2.20. The van der Waals surface area contributed by atoms with Gasteiger partial charge in [-0.05, 0) is 55.3 Å². The Bertz CT molecular complexity index is 1350. The summed E-state index contributed by atoms with van der Waals surface area (Å²) in [5.41, 5.74) is 14.9. The van der Waals surface area contributed by atoms with E-state index in [0.717, 1.165) is 17.7 Å². The van der Waals surface area contributed by atoms with Crippen LogP contribution in [0.25, 0.3) is 16.7 Å². The second-order valence-corrected chi connectivity index (χ2v) is 7.26. The molecular formula is C21H19F2N7O2. The van der Waals surface area contributed by atoms with Crippen LogP contribution < -0.4 is 16.8 Å². The van der Waals surface area contributed by atoms with E-state index in [1.165, 1.54) is 0 Å². The first-order valence-corrected chi connectivity index (χ1v) is 9.48. The molecule has 0 saturated heterocycles. The molecule has 1 amide bonds. The summed E-state index contributed by atoms with van der Waals surface area (Å²) in [6.45, 7) is 3.56. The summed E-state index contributed by atoms with van der Waals surface area (Å²) in [5, 5.41) is 17.2. The summed E-state index contributed by atoms with van der Waals surface area (Å²) < 4.78 is 28.4. The molecule has 0 aliphatic rings. The summed E-state index contributed by atoms with van der Waals surface area (Å²) in [6, 6.07) is 7.39. The van der Waals surface area contributed by atoms with Crippen molar-refractivity contribution in [3.8, 4) is 5.69 Å². The van der Waals surface area contributed by atoms with Gasteiger partial charge in [-0.25, -0.2) is 18.4 Å². The number of hydrogen-bond donors (Lipinski definition) is 4. The molecule has 0 unspecified atom stereocenters. The van der Waals surface area contributed by atoms with Crippen LogP contribution in [-0.4, -0.2) is 30.8 Å². The van der Waals surface area contributed by atoms with Gasteiger partial charge in [0.05, 0.1) is 11.4 Å². The average Bonchev–Trinajstić information content (AvgIpc) is 3.03. The molecule has 11 heteroatoms. The smallest absolute Gasteiger partial charge is 0.257 e. The summed E-state index contributed by atoms with van der Waals surface area (Å²) >= 11 is 0. The molecule has 0 aliphatic carbocycles. The zero-order chi connectivity index (χ0) is 23.2. The third-order valence-corrected chi connectivity index (χ3v) is 4.87. The number of anilines is 3. The highest BCUT2D eigenvalue weighted by Crippen LogP contribution is 2.28. The van der Waals surface area contributed by atoms with E-state index in [2.05, 4.69) is 20.4 Å². The van der Waals surface area contributed by atoms with Crippen LogP contribution in [0.5, 0.6) is 0 Å². The van der Waals surface area contributed by atoms with Crippen molar-refractivity contribution in [1.82, 2.24) is 19.7 Å². The maximum atomic E-state index is 13.4. The fourth-order valence-corrected chi connectivity index (χ4v) is 3.44. The average molecular weight is 439 g/mol. The number of nitrogens with one attached hydrogen (secondary N) is 1. The number of aromatic nitrogens is 4. The number of aliphatic hydroxyl groups excluding tert-OH is 1. The minimum absolute atomic E-state index is 0.0455. The number of halogens is 2. The number of carbonyl (C=O) groups is 1. The largest absolute Gasteiger partial charge is 0.382 e. The lowest BCUT2D eigenvalue weighted by Gasteiger charge is -2.14. The minimum atomic E-state index is -1.75. The number of fused-ring (bicyclic) bond motifs is 1. The van der Waals surface area contributed by atoms with E-state index in [1.807, 2.05) is 0 Å². The predicted octanol–water partition coefficient (Wildman–Crippen LogP) is 2.55. The summed E-state index contributed by atoms with van der Waals surface area (Å²) in [7, 11) is 0. The fraction of sp³-hybridized carbons (Fsp3) is 0.143. The van der Waals surface area contributed by atoms with Gasteiger partial charge in [-0.3, -0.25) is 4.79 Å². The Kier molecular flexibility index (Phi) is 5.18. The fourth-order valence-electron chi connectivity index (χ4n) is 3.44. The van der Waals surface area contributed by atoms with Crippen LogP contribution in [-0.2, 0) is 4.79 Å². The van der Waals surface area contributed by atoms with Gasteiger partial charge < -0.3 is 21.9 Å². The third-order valence-electron chi connectivity index (χ3n) is 4.87. The molecule has 32 heavy (non-hydrogen) atoms. The Balaban J connectivity index is 1.63. The van der Waals surface area contributed by atoms with Crippen molar-refractivity contribution >= 4 is 34.4 Å². The Morgan fingerprint density at radius 3 is 2.44 bits per heavy atom. The van der Waals surface area contributed by atoms with E-state index in [1.54, 1.807) is 36.7 Å². The third kappa shape index (κ3) is 3.81. The number of carbonyl (C=O) groups excluding carboxylic acids is 1. The molecule has 2 aromatic carbocycles. The predicted molar refractivity (Wildman–Crippen MR) is 115 cm³/mol. The van der Waals surface area contributed by atoms with Crippen molar-refractivity contribution in [3.63, 3.8) is 0 Å². The van der Waals surface area contributed by atoms with Gasteiger partial charge in [-0.15, -0.1) is 0 Å². The maximum absolute atomic E-state index is 13.4. The SMILES string of the molecule is Cc1cc(NC(=O)[C@H](O)c2cc(F)cc(F)c2)ccc1-n1nc(C)c2nc(N)nc(N)c21. The van der Waals surface area contributed by atoms with Crippen molar-refractivity contribution in [2.75, 3.05) is 16.8 Å². The van der Waals surface area contributed by atoms with Crippen LogP contribution in [0.15, 0.2) is 36.4 Å². The number of aryl methyl sites for hydroxylation is 2. The lowest BCUT2D eigenvalue weighted by molar-refractivity contribution is -0.124. The van der Waals surface area contributed by atoms with Gasteiger partial charge in [0.2, 0.25) is 5.95 Å². The molecule has 2 heterocycles. The maximum Gasteiger partial charge on any atom is 0.257 e. The van der Waals surface area contributed by atoms with Crippen molar-refractivity contribution in [2.24, 2.45) is 0 Å². The van der Waals surface area contributed by atoms with Gasteiger partial charge in [0.25, 0.3) is 5.91 Å². The van der Waals surface area contributed by atoms with Crippen molar-refractivity contribution in [3.05, 3.63) is 64.9 Å². The molecule has 0 radical (unpaired) electrons. The molecule has 0 fully saturated rings. The Hall–Kier alpha value is -4.12. The molecule has 4 rings (SSSR count). The highest BCUT2D eigenvalue weighted by molar-refractivity contribution is 5.95. The van der Waals surface area contributed by atoms with Crippen LogP contribution in [0.3, 0.4) is 0 Å². The van der Waals surface area contributed by atoms with E-state index >= 15 is 0 Å². The van der Waals surface area contributed by atoms with E-state index in [0.29, 0.717) is 34.2 Å². The summed E-state index contributed by atoms with van der Waals surface area (Å²) in [5.74, 6) is -2.40. The molecule has 0 saturated carbocycles. The summed E-state index contributed by atoms with van der Waals surface area (Å²) in [4.78, 5) is 20.6. The lowest BCUT2D eigenvalue weighted by Crippen LogP contribution is -2.21. The van der Waals surface area contributed by atoms with Crippen molar-refractivity contribution in [2.45, 2.75) is 20.0 Å². The van der Waals surface area contributed by atoms with Crippen LogP contribution in [0.4, 0.5) is 26.2 Å². The lowest BCUT2D eigenvalue weighted by atomic mass is 10.1. The second kappa shape index (κ2) is 7.85. The van der Waals surface area contributed by atoms with Gasteiger partial charge in [0.15, 0.2) is 11.9 Å².